The van der Waals surface area contributed by atoms with Crippen LogP contribution in [0.4, 0.5) is 0 Å². The Morgan fingerprint density at radius 1 is 1.35 bits per heavy atom. The van der Waals surface area contributed by atoms with Crippen molar-refractivity contribution < 1.29 is 14.6 Å². The molecule has 0 amide bonds. The molecule has 4 nitrogen and oxygen atoms in total. The predicted molar refractivity (Wildman–Crippen MR) is 64.8 cm³/mol. The number of aliphatic hydroxyl groups excluding tert-OH is 1. The number of hydrogen-bond acceptors (Lipinski definition) is 4. The monoisotopic (exact) mass is 241 g/mol. The fourth-order valence-electron chi connectivity index (χ4n) is 3.05. The molecule has 0 spiro atoms. The van der Waals surface area contributed by atoms with Gasteiger partial charge in [-0.1, -0.05) is 19.3 Å². The van der Waals surface area contributed by atoms with Crippen molar-refractivity contribution in [2.45, 2.75) is 38.2 Å². The first-order valence-electron chi connectivity index (χ1n) is 6.69. The van der Waals surface area contributed by atoms with Crippen molar-refractivity contribution in [2.75, 3.05) is 32.8 Å². The van der Waals surface area contributed by atoms with Gasteiger partial charge in [0.15, 0.2) is 0 Å². The number of rotatable bonds is 4. The molecule has 2 rings (SSSR count). The predicted octanol–water partition coefficient (Wildman–Crippen LogP) is 0.829. The molecular weight excluding hydrogens is 218 g/mol. The zero-order chi connectivity index (χ0) is 12.1. The summed E-state index contributed by atoms with van der Waals surface area (Å²) in [6.07, 6.45) is 6.76. The van der Waals surface area contributed by atoms with Gasteiger partial charge < -0.3 is 14.6 Å². The van der Waals surface area contributed by atoms with Gasteiger partial charge >= 0.3 is 0 Å². The lowest BCUT2D eigenvalue weighted by Crippen LogP contribution is -2.49. The molecule has 17 heavy (non-hydrogen) atoms. The molecule has 1 unspecified atom stereocenters. The lowest BCUT2D eigenvalue weighted by Gasteiger charge is -2.40. The quantitative estimate of drug-likeness (QED) is 0.741. The molecule has 2 aliphatic rings. The molecule has 0 radical (unpaired) electrons. The highest BCUT2D eigenvalue weighted by atomic mass is 16.5. The third-order valence-electron chi connectivity index (χ3n) is 4.06. The lowest BCUT2D eigenvalue weighted by molar-refractivity contribution is -0.121. The zero-order valence-corrected chi connectivity index (χ0v) is 10.4. The molecular formula is C13H23NO3. The van der Waals surface area contributed by atoms with Crippen LogP contribution in [0.1, 0.15) is 32.1 Å². The smallest absolute Gasteiger partial charge is 0.127 e. The number of ether oxygens (including phenoxy) is 1. The van der Waals surface area contributed by atoms with E-state index in [1.165, 1.54) is 25.5 Å². The number of carbonyl (C=O) groups excluding carboxylic acids is 1. The first kappa shape index (κ1) is 13.0. The second-order valence-corrected chi connectivity index (χ2v) is 5.45. The SMILES string of the molecule is O=CC1(CN2CCOC(CO)C2)CCCCC1. The molecule has 98 valence electrons. The van der Waals surface area contributed by atoms with Crippen LogP contribution in [0.15, 0.2) is 0 Å². The van der Waals surface area contributed by atoms with Gasteiger partial charge in [0.1, 0.15) is 6.29 Å². The van der Waals surface area contributed by atoms with Gasteiger partial charge in [0.25, 0.3) is 0 Å². The van der Waals surface area contributed by atoms with Crippen molar-refractivity contribution in [1.29, 1.82) is 0 Å². The summed E-state index contributed by atoms with van der Waals surface area (Å²) >= 11 is 0. The second kappa shape index (κ2) is 5.94. The maximum absolute atomic E-state index is 11.4. The van der Waals surface area contributed by atoms with Crippen LogP contribution in [0.2, 0.25) is 0 Å². The summed E-state index contributed by atoms with van der Waals surface area (Å²) in [6.45, 7) is 3.22. The molecule has 1 aliphatic heterocycles. The van der Waals surface area contributed by atoms with Crippen molar-refractivity contribution in [3.63, 3.8) is 0 Å². The van der Waals surface area contributed by atoms with E-state index in [0.29, 0.717) is 6.61 Å². The molecule has 4 heteroatoms. The minimum Gasteiger partial charge on any atom is -0.394 e. The van der Waals surface area contributed by atoms with Gasteiger partial charge in [0.05, 0.1) is 19.3 Å². The molecule has 0 bridgehead atoms. The van der Waals surface area contributed by atoms with Crippen molar-refractivity contribution in [1.82, 2.24) is 4.90 Å². The van der Waals surface area contributed by atoms with E-state index in [-0.39, 0.29) is 18.1 Å². The number of carbonyl (C=O) groups is 1. The topological polar surface area (TPSA) is 49.8 Å². The third kappa shape index (κ3) is 3.27. The van der Waals surface area contributed by atoms with Crippen LogP contribution in [-0.4, -0.2) is 55.2 Å². The van der Waals surface area contributed by atoms with Gasteiger partial charge in [0.2, 0.25) is 0 Å². The summed E-state index contributed by atoms with van der Waals surface area (Å²) in [5.74, 6) is 0. The van der Waals surface area contributed by atoms with Gasteiger partial charge in [-0.15, -0.1) is 0 Å². The van der Waals surface area contributed by atoms with E-state index in [9.17, 15) is 4.79 Å². The highest BCUT2D eigenvalue weighted by Gasteiger charge is 2.35. The molecule has 1 N–H and O–H groups in total. The van der Waals surface area contributed by atoms with Crippen molar-refractivity contribution in [2.24, 2.45) is 5.41 Å². The van der Waals surface area contributed by atoms with Crippen LogP contribution in [-0.2, 0) is 9.53 Å². The Hall–Kier alpha value is -0.450. The van der Waals surface area contributed by atoms with Gasteiger partial charge in [-0.25, -0.2) is 0 Å². The Kier molecular flexibility index (Phi) is 4.54. The van der Waals surface area contributed by atoms with E-state index < -0.39 is 0 Å². The summed E-state index contributed by atoms with van der Waals surface area (Å²) in [6, 6.07) is 0. The first-order valence-corrected chi connectivity index (χ1v) is 6.69. The molecule has 2 fully saturated rings. The molecule has 0 aromatic rings. The Morgan fingerprint density at radius 2 is 2.12 bits per heavy atom. The molecule has 1 saturated carbocycles. The Labute approximate surface area is 103 Å². The summed E-state index contributed by atoms with van der Waals surface area (Å²) in [5, 5.41) is 9.11. The largest absolute Gasteiger partial charge is 0.394 e. The van der Waals surface area contributed by atoms with Gasteiger partial charge in [-0.3, -0.25) is 4.90 Å². The van der Waals surface area contributed by atoms with E-state index in [0.717, 1.165) is 32.5 Å². The third-order valence-corrected chi connectivity index (χ3v) is 4.06. The molecule has 0 aromatic carbocycles. The average molecular weight is 241 g/mol. The zero-order valence-electron chi connectivity index (χ0n) is 10.4. The van der Waals surface area contributed by atoms with Crippen LogP contribution in [0, 0.1) is 5.41 Å². The van der Waals surface area contributed by atoms with Crippen molar-refractivity contribution in [3.8, 4) is 0 Å². The number of aldehydes is 1. The number of hydrogen-bond donors (Lipinski definition) is 1. The average Bonchev–Trinajstić information content (AvgIpc) is 2.40. The fourth-order valence-corrected chi connectivity index (χ4v) is 3.05. The Morgan fingerprint density at radius 3 is 2.76 bits per heavy atom. The number of nitrogens with zero attached hydrogens (tertiary/aromatic N) is 1. The van der Waals surface area contributed by atoms with E-state index >= 15 is 0 Å². The van der Waals surface area contributed by atoms with Crippen LogP contribution >= 0.6 is 0 Å². The first-order chi connectivity index (χ1) is 8.28. The molecule has 0 aromatic heterocycles. The van der Waals surface area contributed by atoms with Gasteiger partial charge in [0, 0.05) is 25.0 Å². The minimum absolute atomic E-state index is 0.0731. The second-order valence-electron chi connectivity index (χ2n) is 5.45. The Bertz CT molecular complexity index is 251. The highest BCUT2D eigenvalue weighted by molar-refractivity contribution is 5.60. The summed E-state index contributed by atoms with van der Waals surface area (Å²) in [4.78, 5) is 13.7. The van der Waals surface area contributed by atoms with Crippen LogP contribution < -0.4 is 0 Å². The lowest BCUT2D eigenvalue weighted by atomic mass is 9.75. The summed E-state index contributed by atoms with van der Waals surface area (Å²) in [5.41, 5.74) is -0.129. The minimum atomic E-state index is -0.129. The fraction of sp³-hybridized carbons (Fsp3) is 0.923. The maximum atomic E-state index is 11.4. The molecule has 1 atom stereocenters. The van der Waals surface area contributed by atoms with E-state index in [4.69, 9.17) is 9.84 Å². The summed E-state index contributed by atoms with van der Waals surface area (Å²) in [7, 11) is 0. The van der Waals surface area contributed by atoms with E-state index in [2.05, 4.69) is 4.90 Å². The van der Waals surface area contributed by atoms with Crippen LogP contribution in [0.25, 0.3) is 0 Å². The van der Waals surface area contributed by atoms with E-state index in [1.54, 1.807) is 0 Å². The number of morpholine rings is 1. The normalized spacial score (nSPS) is 30.1. The van der Waals surface area contributed by atoms with Gasteiger partial charge in [-0.05, 0) is 12.8 Å². The standard InChI is InChI=1S/C13H23NO3/c15-9-12-8-14(6-7-17-12)10-13(11-16)4-2-1-3-5-13/h11-12,15H,1-10H2. The van der Waals surface area contributed by atoms with Crippen molar-refractivity contribution in [3.05, 3.63) is 0 Å². The van der Waals surface area contributed by atoms with Crippen LogP contribution in [0.3, 0.4) is 0 Å². The maximum Gasteiger partial charge on any atom is 0.127 e. The van der Waals surface area contributed by atoms with E-state index in [1.807, 2.05) is 0 Å². The number of aliphatic hydroxyl groups is 1. The highest BCUT2D eigenvalue weighted by Crippen LogP contribution is 2.35. The summed E-state index contributed by atoms with van der Waals surface area (Å²) < 4.78 is 5.43. The van der Waals surface area contributed by atoms with Crippen LogP contribution in [0.5, 0.6) is 0 Å². The molecule has 1 heterocycles. The van der Waals surface area contributed by atoms with Crippen molar-refractivity contribution >= 4 is 6.29 Å². The molecule has 1 saturated heterocycles. The molecule has 1 aliphatic carbocycles. The Balaban J connectivity index is 1.91. The van der Waals surface area contributed by atoms with Gasteiger partial charge in [-0.2, -0.15) is 0 Å².